The van der Waals surface area contributed by atoms with E-state index in [1.54, 1.807) is 38.4 Å². The summed E-state index contributed by atoms with van der Waals surface area (Å²) < 4.78 is 10.8. The molecule has 1 N–H and O–H groups in total. The van der Waals surface area contributed by atoms with E-state index in [4.69, 9.17) is 9.47 Å². The van der Waals surface area contributed by atoms with Gasteiger partial charge in [0, 0.05) is 12.3 Å². The highest BCUT2D eigenvalue weighted by atomic mass is 16.5. The minimum atomic E-state index is -0.548. The average molecular weight is 245 g/mol. The Morgan fingerprint density at radius 1 is 1.17 bits per heavy atom. The molecule has 94 valence electrons. The van der Waals surface area contributed by atoms with Crippen LogP contribution in [0.15, 0.2) is 42.6 Å². The number of rotatable bonds is 4. The van der Waals surface area contributed by atoms with Gasteiger partial charge in [-0.1, -0.05) is 12.1 Å². The maximum atomic E-state index is 9.51. The van der Waals surface area contributed by atoms with Gasteiger partial charge in [0.25, 0.3) is 0 Å². The molecule has 0 radical (unpaired) electrons. The van der Waals surface area contributed by atoms with Crippen molar-refractivity contribution in [3.05, 3.63) is 48.2 Å². The second kappa shape index (κ2) is 5.51. The Bertz CT molecular complexity index is 526. The molecule has 1 heterocycles. The Balaban J connectivity index is 2.25. The van der Waals surface area contributed by atoms with Gasteiger partial charge in [-0.3, -0.25) is 0 Å². The van der Waals surface area contributed by atoms with E-state index in [1.165, 1.54) is 0 Å². The van der Waals surface area contributed by atoms with E-state index in [9.17, 15) is 5.11 Å². The van der Waals surface area contributed by atoms with E-state index in [1.807, 2.05) is 18.2 Å². The van der Waals surface area contributed by atoms with Crippen LogP contribution >= 0.6 is 0 Å². The number of nitrogens with zero attached hydrogens (tertiary/aromatic N) is 1. The fourth-order valence-corrected chi connectivity index (χ4v) is 1.56. The van der Waals surface area contributed by atoms with Crippen molar-refractivity contribution in [2.45, 2.75) is 13.0 Å². The average Bonchev–Trinajstić information content (AvgIpc) is 2.39. The van der Waals surface area contributed by atoms with Crippen LogP contribution in [0, 0.1) is 0 Å². The van der Waals surface area contributed by atoms with Gasteiger partial charge in [-0.2, -0.15) is 0 Å². The zero-order valence-electron chi connectivity index (χ0n) is 10.3. The lowest BCUT2D eigenvalue weighted by Crippen LogP contribution is -1.95. The Morgan fingerprint density at radius 3 is 2.56 bits per heavy atom. The van der Waals surface area contributed by atoms with Gasteiger partial charge in [-0.25, -0.2) is 4.98 Å². The van der Waals surface area contributed by atoms with Crippen LogP contribution in [-0.2, 0) is 0 Å². The van der Waals surface area contributed by atoms with Crippen molar-refractivity contribution in [3.8, 4) is 17.4 Å². The first-order valence-corrected chi connectivity index (χ1v) is 5.65. The van der Waals surface area contributed by atoms with Gasteiger partial charge in [0.2, 0.25) is 5.88 Å². The molecule has 0 spiro atoms. The van der Waals surface area contributed by atoms with Crippen LogP contribution in [0.3, 0.4) is 0 Å². The summed E-state index contributed by atoms with van der Waals surface area (Å²) in [4.78, 5) is 4.10. The highest BCUT2D eigenvalue weighted by Crippen LogP contribution is 2.30. The fourth-order valence-electron chi connectivity index (χ4n) is 1.56. The molecular formula is C14H15NO3. The number of hydrogen-bond donors (Lipinski definition) is 1. The van der Waals surface area contributed by atoms with Crippen LogP contribution in [0.1, 0.15) is 18.6 Å². The SMILES string of the molecule is COc1ccccc1Oc1cc([C@H](C)O)ccn1. The van der Waals surface area contributed by atoms with Gasteiger partial charge in [0.1, 0.15) is 0 Å². The van der Waals surface area contributed by atoms with Gasteiger partial charge >= 0.3 is 0 Å². The Labute approximate surface area is 106 Å². The van der Waals surface area contributed by atoms with E-state index in [0.717, 1.165) is 5.56 Å². The molecule has 2 rings (SSSR count). The Kier molecular flexibility index (Phi) is 3.79. The smallest absolute Gasteiger partial charge is 0.219 e. The lowest BCUT2D eigenvalue weighted by Gasteiger charge is -2.10. The van der Waals surface area contributed by atoms with Crippen molar-refractivity contribution in [1.82, 2.24) is 4.98 Å². The standard InChI is InChI=1S/C14H15NO3/c1-10(16)11-7-8-15-14(9-11)18-13-6-4-3-5-12(13)17-2/h3-10,16H,1-2H3/t10-/m0/s1. The first-order chi connectivity index (χ1) is 8.70. The molecule has 18 heavy (non-hydrogen) atoms. The molecule has 0 unspecified atom stereocenters. The number of hydrogen-bond acceptors (Lipinski definition) is 4. The molecule has 0 fully saturated rings. The lowest BCUT2D eigenvalue weighted by atomic mass is 10.2. The first kappa shape index (κ1) is 12.4. The summed E-state index contributed by atoms with van der Waals surface area (Å²) in [5.41, 5.74) is 0.759. The number of pyridine rings is 1. The monoisotopic (exact) mass is 245 g/mol. The molecule has 4 heteroatoms. The number of aliphatic hydroxyl groups is 1. The van der Waals surface area contributed by atoms with E-state index in [-0.39, 0.29) is 0 Å². The van der Waals surface area contributed by atoms with E-state index < -0.39 is 6.10 Å². The van der Waals surface area contributed by atoms with Crippen LogP contribution in [-0.4, -0.2) is 17.2 Å². The number of ether oxygens (including phenoxy) is 2. The van der Waals surface area contributed by atoms with Crippen LogP contribution in [0.25, 0.3) is 0 Å². The van der Waals surface area contributed by atoms with Gasteiger partial charge < -0.3 is 14.6 Å². The second-order valence-corrected chi connectivity index (χ2v) is 3.86. The molecule has 1 aromatic carbocycles. The van der Waals surface area contributed by atoms with Crippen molar-refractivity contribution in [2.75, 3.05) is 7.11 Å². The maximum Gasteiger partial charge on any atom is 0.219 e. The summed E-state index contributed by atoms with van der Waals surface area (Å²) in [6.45, 7) is 1.70. The molecule has 0 aliphatic carbocycles. The number of aromatic nitrogens is 1. The molecule has 0 amide bonds. The topological polar surface area (TPSA) is 51.6 Å². The van der Waals surface area contributed by atoms with Gasteiger partial charge in [-0.05, 0) is 30.7 Å². The molecule has 4 nitrogen and oxygen atoms in total. The third kappa shape index (κ3) is 2.78. The van der Waals surface area contributed by atoms with Crippen LogP contribution in [0.2, 0.25) is 0 Å². The minimum absolute atomic E-state index is 0.429. The van der Waals surface area contributed by atoms with Crippen molar-refractivity contribution >= 4 is 0 Å². The van der Waals surface area contributed by atoms with E-state index in [2.05, 4.69) is 4.98 Å². The molecule has 0 aliphatic heterocycles. The zero-order chi connectivity index (χ0) is 13.0. The van der Waals surface area contributed by atoms with Crippen LogP contribution < -0.4 is 9.47 Å². The predicted molar refractivity (Wildman–Crippen MR) is 67.9 cm³/mol. The van der Waals surface area contributed by atoms with Gasteiger partial charge in [-0.15, -0.1) is 0 Å². The highest BCUT2D eigenvalue weighted by molar-refractivity contribution is 5.41. The molecule has 1 aromatic heterocycles. The van der Waals surface area contributed by atoms with E-state index >= 15 is 0 Å². The number of benzene rings is 1. The second-order valence-electron chi connectivity index (χ2n) is 3.86. The summed E-state index contributed by atoms with van der Waals surface area (Å²) in [6, 6.07) is 10.8. The Morgan fingerprint density at radius 2 is 1.89 bits per heavy atom. The van der Waals surface area contributed by atoms with Crippen molar-refractivity contribution in [2.24, 2.45) is 0 Å². The summed E-state index contributed by atoms with van der Waals surface area (Å²) >= 11 is 0. The first-order valence-electron chi connectivity index (χ1n) is 5.65. The third-order valence-corrected chi connectivity index (χ3v) is 2.52. The minimum Gasteiger partial charge on any atom is -0.493 e. The van der Waals surface area contributed by atoms with Gasteiger partial charge in [0.15, 0.2) is 11.5 Å². The zero-order valence-corrected chi connectivity index (χ0v) is 10.3. The summed E-state index contributed by atoms with van der Waals surface area (Å²) in [7, 11) is 1.59. The summed E-state index contributed by atoms with van der Waals surface area (Å²) in [6.07, 6.45) is 1.06. The molecule has 1 atom stereocenters. The molecule has 0 bridgehead atoms. The molecule has 2 aromatic rings. The van der Waals surface area contributed by atoms with Gasteiger partial charge in [0.05, 0.1) is 13.2 Å². The normalized spacial score (nSPS) is 11.9. The maximum absolute atomic E-state index is 9.51. The largest absolute Gasteiger partial charge is 0.493 e. The molecule has 0 aliphatic rings. The third-order valence-electron chi connectivity index (χ3n) is 2.52. The summed E-state index contributed by atoms with van der Waals surface area (Å²) in [5.74, 6) is 1.66. The van der Waals surface area contributed by atoms with Crippen LogP contribution in [0.4, 0.5) is 0 Å². The van der Waals surface area contributed by atoms with Crippen molar-refractivity contribution < 1.29 is 14.6 Å². The predicted octanol–water partition coefficient (Wildman–Crippen LogP) is 2.94. The fraction of sp³-hybridized carbons (Fsp3) is 0.214. The summed E-state index contributed by atoms with van der Waals surface area (Å²) in [5, 5.41) is 9.51. The van der Waals surface area contributed by atoms with Crippen molar-refractivity contribution in [3.63, 3.8) is 0 Å². The number of aliphatic hydroxyl groups excluding tert-OH is 1. The highest BCUT2D eigenvalue weighted by Gasteiger charge is 2.07. The molecular weight excluding hydrogens is 230 g/mol. The number of methoxy groups -OCH3 is 1. The van der Waals surface area contributed by atoms with E-state index in [0.29, 0.717) is 17.4 Å². The van der Waals surface area contributed by atoms with Crippen LogP contribution in [0.5, 0.6) is 17.4 Å². The molecule has 0 saturated heterocycles. The number of para-hydroxylation sites is 2. The molecule has 0 saturated carbocycles. The lowest BCUT2D eigenvalue weighted by molar-refractivity contribution is 0.198. The Hall–Kier alpha value is -2.07. The quantitative estimate of drug-likeness (QED) is 0.899. The van der Waals surface area contributed by atoms with Crippen molar-refractivity contribution in [1.29, 1.82) is 0 Å².